The molecule has 1 aromatic carbocycles. The van der Waals surface area contributed by atoms with E-state index in [1.165, 1.54) is 0 Å². The van der Waals surface area contributed by atoms with Gasteiger partial charge in [-0.25, -0.2) is 9.78 Å². The van der Waals surface area contributed by atoms with Gasteiger partial charge >= 0.3 is 5.97 Å². The van der Waals surface area contributed by atoms with Crippen LogP contribution in [0.2, 0.25) is 0 Å². The number of thiophene rings is 1. The third kappa shape index (κ3) is 3.25. The summed E-state index contributed by atoms with van der Waals surface area (Å²) in [5.74, 6) is 0.432. The van der Waals surface area contributed by atoms with Gasteiger partial charge in [0.1, 0.15) is 22.3 Å². The number of nitrogen functional groups attached to an aromatic ring is 2. The Hall–Kier alpha value is -3.31. The molecule has 0 aliphatic heterocycles. The van der Waals surface area contributed by atoms with Crippen molar-refractivity contribution in [3.63, 3.8) is 0 Å². The third-order valence-corrected chi connectivity index (χ3v) is 5.09. The van der Waals surface area contributed by atoms with Crippen molar-refractivity contribution in [1.82, 2.24) is 0 Å². The van der Waals surface area contributed by atoms with Crippen LogP contribution in [0.5, 0.6) is 5.75 Å². The third-order valence-electron chi connectivity index (χ3n) is 3.99. The van der Waals surface area contributed by atoms with Gasteiger partial charge in [-0.15, -0.1) is 0 Å². The molecule has 0 saturated carbocycles. The molecular weight excluding hydrogens is 364 g/mol. The summed E-state index contributed by atoms with van der Waals surface area (Å²) in [5, 5.41) is 10.2. The average Bonchev–Trinajstić information content (AvgIpc) is 2.98. The predicted molar refractivity (Wildman–Crippen MR) is 104 cm³/mol. The summed E-state index contributed by atoms with van der Waals surface area (Å²) in [5.41, 5.74) is 14.2. The van der Waals surface area contributed by atoms with Crippen molar-refractivity contribution in [2.24, 2.45) is 0 Å². The van der Waals surface area contributed by atoms with E-state index in [2.05, 4.69) is 11.1 Å². The Labute approximate surface area is 160 Å². The van der Waals surface area contributed by atoms with Crippen LogP contribution in [0.3, 0.4) is 0 Å². The standard InChI is InChI=1S/C19H18N4O3S/c1-3-25-11-7-5-10(6-8-11)13-12(9-20)17(22)23-18-14(13)15(21)16(27-18)19(24)26-4-2/h5-8H,3-4,21H2,1-2H3,(H2,22,23)/p+1. The fourth-order valence-corrected chi connectivity index (χ4v) is 3.90. The molecule has 0 aliphatic rings. The smallest absolute Gasteiger partial charge is 0.350 e. The van der Waals surface area contributed by atoms with Crippen LogP contribution >= 0.6 is 11.3 Å². The molecule has 7 nitrogen and oxygen atoms in total. The molecule has 3 rings (SSSR count). The zero-order valence-electron chi connectivity index (χ0n) is 15.0. The lowest BCUT2D eigenvalue weighted by Crippen LogP contribution is -2.13. The van der Waals surface area contributed by atoms with Crippen LogP contribution in [0, 0.1) is 11.3 Å². The highest BCUT2D eigenvalue weighted by atomic mass is 32.1. The SMILES string of the molecule is CCOC(=O)c1sc2[nH+]c(N)c(C#N)c(-c3ccc(OCC)cc3)c2c1N. The maximum Gasteiger partial charge on any atom is 0.350 e. The van der Waals surface area contributed by atoms with Crippen molar-refractivity contribution in [2.45, 2.75) is 13.8 Å². The van der Waals surface area contributed by atoms with Gasteiger partial charge < -0.3 is 15.2 Å². The van der Waals surface area contributed by atoms with E-state index in [1.54, 1.807) is 6.92 Å². The van der Waals surface area contributed by atoms with Crippen molar-refractivity contribution in [1.29, 1.82) is 5.26 Å². The number of hydrogen-bond donors (Lipinski definition) is 2. The maximum absolute atomic E-state index is 12.2. The molecule has 0 bridgehead atoms. The average molecular weight is 383 g/mol. The summed E-state index contributed by atoms with van der Waals surface area (Å²) in [7, 11) is 0. The van der Waals surface area contributed by atoms with Gasteiger partial charge in [-0.1, -0.05) is 23.5 Å². The van der Waals surface area contributed by atoms with E-state index in [-0.39, 0.29) is 28.6 Å². The topological polar surface area (TPSA) is 126 Å². The second kappa shape index (κ2) is 7.51. The predicted octanol–water partition coefficient (Wildman–Crippen LogP) is 2.99. The van der Waals surface area contributed by atoms with Crippen molar-refractivity contribution < 1.29 is 19.3 Å². The number of aromatic nitrogens is 1. The summed E-state index contributed by atoms with van der Waals surface area (Å²) in [4.78, 5) is 16.1. The number of esters is 1. The van der Waals surface area contributed by atoms with Crippen molar-refractivity contribution >= 4 is 39.0 Å². The normalized spacial score (nSPS) is 10.6. The van der Waals surface area contributed by atoms with Gasteiger partial charge in [0.15, 0.2) is 4.83 Å². The number of carbonyl (C=O) groups excluding carboxylic acids is 1. The minimum atomic E-state index is -0.501. The zero-order valence-corrected chi connectivity index (χ0v) is 15.8. The number of rotatable bonds is 5. The number of carbonyl (C=O) groups is 1. The van der Waals surface area contributed by atoms with E-state index in [9.17, 15) is 10.1 Å². The first kappa shape index (κ1) is 18.5. The molecule has 0 spiro atoms. The minimum absolute atomic E-state index is 0.213. The van der Waals surface area contributed by atoms with E-state index in [0.29, 0.717) is 22.4 Å². The number of nitrogens with two attached hydrogens (primary N) is 2. The Balaban J connectivity index is 2.29. The summed E-state index contributed by atoms with van der Waals surface area (Å²) < 4.78 is 10.5. The Bertz CT molecular complexity index is 1050. The van der Waals surface area contributed by atoms with Crippen molar-refractivity contribution in [3.05, 3.63) is 34.7 Å². The van der Waals surface area contributed by atoms with Crippen molar-refractivity contribution in [2.75, 3.05) is 24.7 Å². The number of nitrogens with zero attached hydrogens (tertiary/aromatic N) is 1. The largest absolute Gasteiger partial charge is 0.494 e. The molecule has 0 radical (unpaired) electrons. The molecule has 0 amide bonds. The highest BCUT2D eigenvalue weighted by Gasteiger charge is 2.27. The molecule has 2 aromatic heterocycles. The molecule has 3 aromatic rings. The molecule has 2 heterocycles. The molecule has 0 saturated heterocycles. The maximum atomic E-state index is 12.2. The highest BCUT2D eigenvalue weighted by Crippen LogP contribution is 2.41. The molecule has 8 heteroatoms. The molecule has 138 valence electrons. The molecule has 0 atom stereocenters. The van der Waals surface area contributed by atoms with Crippen molar-refractivity contribution in [3.8, 4) is 22.9 Å². The van der Waals surface area contributed by atoms with E-state index in [4.69, 9.17) is 20.9 Å². The summed E-state index contributed by atoms with van der Waals surface area (Å²) in [6.07, 6.45) is 0. The fraction of sp³-hybridized carbons (Fsp3) is 0.211. The van der Waals surface area contributed by atoms with Gasteiger partial charge in [-0.3, -0.25) is 5.73 Å². The zero-order chi connectivity index (χ0) is 19.6. The second-order valence-corrected chi connectivity index (χ2v) is 6.65. The Morgan fingerprint density at radius 1 is 1.22 bits per heavy atom. The van der Waals surface area contributed by atoms with Gasteiger partial charge in [0.2, 0.25) is 0 Å². The van der Waals surface area contributed by atoms with Gasteiger partial charge in [0.05, 0.1) is 24.3 Å². The number of nitrogens with one attached hydrogen (secondary N) is 1. The molecule has 27 heavy (non-hydrogen) atoms. The monoisotopic (exact) mass is 383 g/mol. The molecule has 0 unspecified atom stereocenters. The highest BCUT2D eigenvalue weighted by molar-refractivity contribution is 7.20. The van der Waals surface area contributed by atoms with E-state index in [0.717, 1.165) is 22.6 Å². The second-order valence-electron chi connectivity index (χ2n) is 5.63. The van der Waals surface area contributed by atoms with Gasteiger partial charge in [0, 0.05) is 5.56 Å². The lowest BCUT2D eigenvalue weighted by Gasteiger charge is -2.09. The van der Waals surface area contributed by atoms with Crippen LogP contribution in [0.25, 0.3) is 21.3 Å². The number of pyridine rings is 1. The lowest BCUT2D eigenvalue weighted by atomic mass is 9.97. The summed E-state index contributed by atoms with van der Waals surface area (Å²) in [6.45, 7) is 4.43. The van der Waals surface area contributed by atoms with Crippen LogP contribution < -0.4 is 21.2 Å². The molecule has 0 aliphatic carbocycles. The summed E-state index contributed by atoms with van der Waals surface area (Å²) >= 11 is 1.16. The number of ether oxygens (including phenoxy) is 2. The van der Waals surface area contributed by atoms with Gasteiger partial charge in [0.25, 0.3) is 5.82 Å². The number of aromatic amines is 1. The number of nitriles is 1. The Kier molecular flexibility index (Phi) is 5.14. The lowest BCUT2D eigenvalue weighted by molar-refractivity contribution is -0.323. The number of hydrogen-bond acceptors (Lipinski definition) is 7. The number of benzene rings is 1. The van der Waals surface area contributed by atoms with E-state index < -0.39 is 5.97 Å². The van der Waals surface area contributed by atoms with Crippen LogP contribution in [-0.4, -0.2) is 19.2 Å². The Morgan fingerprint density at radius 2 is 1.93 bits per heavy atom. The van der Waals surface area contributed by atoms with Crippen LogP contribution in [0.4, 0.5) is 11.5 Å². The van der Waals surface area contributed by atoms with E-state index in [1.807, 2.05) is 31.2 Å². The number of anilines is 2. The minimum Gasteiger partial charge on any atom is -0.494 e. The van der Waals surface area contributed by atoms with Gasteiger partial charge in [-0.2, -0.15) is 5.26 Å². The molecule has 0 fully saturated rings. The van der Waals surface area contributed by atoms with Crippen LogP contribution in [0.15, 0.2) is 24.3 Å². The first-order chi connectivity index (χ1) is 13.0. The first-order valence-corrected chi connectivity index (χ1v) is 9.20. The molecule has 5 N–H and O–H groups in total. The van der Waals surface area contributed by atoms with Crippen LogP contribution in [0.1, 0.15) is 29.1 Å². The summed E-state index contributed by atoms with van der Waals surface area (Å²) in [6, 6.07) is 9.43. The van der Waals surface area contributed by atoms with Crippen LogP contribution in [-0.2, 0) is 4.74 Å². The quantitative estimate of drug-likeness (QED) is 0.652. The number of fused-ring (bicyclic) bond motifs is 1. The first-order valence-electron chi connectivity index (χ1n) is 8.38. The fourth-order valence-electron chi connectivity index (χ4n) is 2.86. The van der Waals surface area contributed by atoms with Gasteiger partial charge in [-0.05, 0) is 31.5 Å². The number of H-pyrrole nitrogens is 1. The van der Waals surface area contributed by atoms with E-state index >= 15 is 0 Å². The molecular formula is C19H19N4O3S+. The Morgan fingerprint density at radius 3 is 2.52 bits per heavy atom.